The molecule has 29 heavy (non-hydrogen) atoms. The maximum absolute atomic E-state index is 14.8. The number of alkyl halides is 2. The molecule has 152 valence electrons. The molecule has 0 amide bonds. The number of hydrogen-bond acceptors (Lipinski definition) is 5. The number of rotatable bonds is 3. The van der Waals surface area contributed by atoms with Gasteiger partial charge in [-0.1, -0.05) is 18.5 Å². The van der Waals surface area contributed by atoms with Gasteiger partial charge in [0.05, 0.1) is 0 Å². The number of amidine groups is 1. The number of ether oxygens (including phenoxy) is 1. The summed E-state index contributed by atoms with van der Waals surface area (Å²) in [6.45, 7) is 3.12. The zero-order chi connectivity index (χ0) is 20.9. The predicted molar refractivity (Wildman–Crippen MR) is 103 cm³/mol. The lowest BCUT2D eigenvalue weighted by molar-refractivity contribution is -0.0363. The summed E-state index contributed by atoms with van der Waals surface area (Å²) in [5.74, 6) is -1.52. The Balaban J connectivity index is 1.90. The number of hydrogen-bond donors (Lipinski definition) is 1. The van der Waals surface area contributed by atoms with Crippen molar-refractivity contribution >= 4 is 28.7 Å². The van der Waals surface area contributed by atoms with E-state index in [1.165, 1.54) is 19.1 Å². The zero-order valence-corrected chi connectivity index (χ0v) is 16.3. The molecule has 0 spiro atoms. The zero-order valence-electron chi connectivity index (χ0n) is 15.5. The number of aromatic nitrogens is 1. The van der Waals surface area contributed by atoms with Gasteiger partial charge in [-0.25, -0.2) is 23.1 Å². The number of nitrogens with zero attached hydrogens (tertiary/aromatic N) is 2. The quantitative estimate of drug-likeness (QED) is 0.634. The first-order valence-electron chi connectivity index (χ1n) is 8.89. The predicted octanol–water partition coefficient (Wildman–Crippen LogP) is 5.12. The van der Waals surface area contributed by atoms with Crippen LogP contribution in [0.25, 0.3) is 22.6 Å². The lowest BCUT2D eigenvalue weighted by Crippen LogP contribution is -2.51. The van der Waals surface area contributed by atoms with Crippen molar-refractivity contribution in [1.29, 1.82) is 0 Å². The third-order valence-electron chi connectivity index (χ3n) is 5.33. The first-order valence-corrected chi connectivity index (χ1v) is 9.26. The van der Waals surface area contributed by atoms with E-state index in [4.69, 9.17) is 26.5 Å². The van der Waals surface area contributed by atoms with Crippen LogP contribution in [0.5, 0.6) is 0 Å². The van der Waals surface area contributed by atoms with Crippen LogP contribution in [0.1, 0.15) is 19.4 Å². The maximum Gasteiger partial charge on any atom is 0.283 e. The molecule has 3 aromatic rings. The molecule has 3 atom stereocenters. The number of fused-ring (bicyclic) bond motifs is 1. The van der Waals surface area contributed by atoms with E-state index in [1.807, 2.05) is 0 Å². The Labute approximate surface area is 169 Å². The Morgan fingerprint density at radius 3 is 2.66 bits per heavy atom. The molecule has 0 saturated heterocycles. The van der Waals surface area contributed by atoms with Crippen LogP contribution < -0.4 is 5.73 Å². The molecule has 1 aliphatic heterocycles. The molecule has 2 heterocycles. The SMILES string of the molecule is CC1OC(N)=N[C@](c2cc(-c3nc4ccc(Cl)cc4o3)ccc2F)(C(F)F)[C@@H]1C. The molecule has 0 radical (unpaired) electrons. The van der Waals surface area contributed by atoms with E-state index in [2.05, 4.69) is 9.98 Å². The standard InChI is InChI=1S/C20H17ClF3N3O2/c1-9-10(2)28-19(25)27-20(9,18(23)24)13-7-11(3-5-14(13)22)17-26-15-6-4-12(21)8-16(15)29-17/h3-10,18H,1-2H3,(H2,25,27)/t9-,10?,20-/m1/s1. The van der Waals surface area contributed by atoms with Crippen LogP contribution in [0.2, 0.25) is 5.02 Å². The molecule has 1 unspecified atom stereocenters. The highest BCUT2D eigenvalue weighted by atomic mass is 35.5. The minimum absolute atomic E-state index is 0.151. The molecule has 0 saturated carbocycles. The van der Waals surface area contributed by atoms with Gasteiger partial charge in [-0.15, -0.1) is 0 Å². The highest BCUT2D eigenvalue weighted by Crippen LogP contribution is 2.46. The number of halogens is 4. The minimum atomic E-state index is -3.02. The Bertz CT molecular complexity index is 1120. The number of oxazole rings is 1. The molecular weight excluding hydrogens is 407 g/mol. The molecule has 1 aromatic heterocycles. The Hall–Kier alpha value is -2.74. The third kappa shape index (κ3) is 3.11. The van der Waals surface area contributed by atoms with Gasteiger partial charge in [-0.2, -0.15) is 0 Å². The van der Waals surface area contributed by atoms with Gasteiger partial charge >= 0.3 is 0 Å². The summed E-state index contributed by atoms with van der Waals surface area (Å²) in [6, 6.07) is 8.28. The van der Waals surface area contributed by atoms with Crippen molar-refractivity contribution in [2.45, 2.75) is 31.9 Å². The van der Waals surface area contributed by atoms with Crippen LogP contribution in [0.3, 0.4) is 0 Å². The van der Waals surface area contributed by atoms with Crippen LogP contribution >= 0.6 is 11.6 Å². The van der Waals surface area contributed by atoms with Crippen molar-refractivity contribution in [3.63, 3.8) is 0 Å². The summed E-state index contributed by atoms with van der Waals surface area (Å²) in [4.78, 5) is 8.21. The van der Waals surface area contributed by atoms with Gasteiger partial charge in [0, 0.05) is 28.1 Å². The fourth-order valence-corrected chi connectivity index (χ4v) is 3.78. The monoisotopic (exact) mass is 423 g/mol. The first-order chi connectivity index (χ1) is 13.7. The summed E-state index contributed by atoms with van der Waals surface area (Å²) in [5.41, 5.74) is 4.43. The molecule has 2 N–H and O–H groups in total. The van der Waals surface area contributed by atoms with E-state index in [0.717, 1.165) is 6.07 Å². The van der Waals surface area contributed by atoms with Crippen molar-refractivity contribution in [3.05, 3.63) is 52.8 Å². The van der Waals surface area contributed by atoms with Crippen LogP contribution in [-0.2, 0) is 10.3 Å². The minimum Gasteiger partial charge on any atom is -0.462 e. The van der Waals surface area contributed by atoms with Crippen molar-refractivity contribution in [2.75, 3.05) is 0 Å². The molecule has 0 bridgehead atoms. The van der Waals surface area contributed by atoms with Gasteiger partial charge in [0.1, 0.15) is 17.4 Å². The number of nitrogens with two attached hydrogens (primary N) is 1. The normalized spacial score (nSPS) is 24.6. The van der Waals surface area contributed by atoms with Crippen molar-refractivity contribution in [2.24, 2.45) is 16.6 Å². The van der Waals surface area contributed by atoms with Gasteiger partial charge in [0.25, 0.3) is 12.4 Å². The van der Waals surface area contributed by atoms with E-state index in [9.17, 15) is 13.2 Å². The molecule has 1 aliphatic rings. The fourth-order valence-electron chi connectivity index (χ4n) is 3.62. The first kappa shape index (κ1) is 19.6. The van der Waals surface area contributed by atoms with E-state index in [1.54, 1.807) is 25.1 Å². The summed E-state index contributed by atoms with van der Waals surface area (Å²) < 4.78 is 54.4. The second kappa shape index (κ2) is 6.95. The lowest BCUT2D eigenvalue weighted by atomic mass is 9.75. The topological polar surface area (TPSA) is 73.6 Å². The second-order valence-corrected chi connectivity index (χ2v) is 7.45. The molecule has 0 fully saturated rings. The number of benzene rings is 2. The highest BCUT2D eigenvalue weighted by Gasteiger charge is 2.53. The maximum atomic E-state index is 14.8. The molecule has 4 rings (SSSR count). The largest absolute Gasteiger partial charge is 0.462 e. The van der Waals surface area contributed by atoms with Gasteiger partial charge in [-0.3, -0.25) is 0 Å². The average Bonchev–Trinajstić information content (AvgIpc) is 3.08. The molecule has 9 heteroatoms. The van der Waals surface area contributed by atoms with E-state index < -0.39 is 35.8 Å². The number of aliphatic imine (C=N–C) groups is 1. The molecular formula is C20H17ClF3N3O2. The van der Waals surface area contributed by atoms with Gasteiger partial charge in [-0.05, 0) is 37.3 Å². The summed E-state index contributed by atoms with van der Waals surface area (Å²) in [5, 5.41) is 0.464. The highest BCUT2D eigenvalue weighted by molar-refractivity contribution is 6.31. The van der Waals surface area contributed by atoms with E-state index in [-0.39, 0.29) is 11.5 Å². The summed E-state index contributed by atoms with van der Waals surface area (Å²) in [6.07, 6.45) is -3.70. The fraction of sp³-hybridized carbons (Fsp3) is 0.300. The third-order valence-corrected chi connectivity index (χ3v) is 5.56. The average molecular weight is 424 g/mol. The van der Waals surface area contributed by atoms with Crippen molar-refractivity contribution in [1.82, 2.24) is 4.98 Å². The summed E-state index contributed by atoms with van der Waals surface area (Å²) >= 11 is 5.96. The Morgan fingerprint density at radius 2 is 1.93 bits per heavy atom. The summed E-state index contributed by atoms with van der Waals surface area (Å²) in [7, 11) is 0. The van der Waals surface area contributed by atoms with E-state index in [0.29, 0.717) is 21.7 Å². The smallest absolute Gasteiger partial charge is 0.283 e. The molecule has 5 nitrogen and oxygen atoms in total. The Kier molecular flexibility index (Phi) is 4.69. The Morgan fingerprint density at radius 1 is 1.17 bits per heavy atom. The second-order valence-electron chi connectivity index (χ2n) is 7.01. The van der Waals surface area contributed by atoms with Crippen molar-refractivity contribution in [3.8, 4) is 11.5 Å². The van der Waals surface area contributed by atoms with E-state index >= 15 is 0 Å². The van der Waals surface area contributed by atoms with Gasteiger partial charge in [0.2, 0.25) is 5.89 Å². The van der Waals surface area contributed by atoms with Crippen LogP contribution in [0, 0.1) is 11.7 Å². The lowest BCUT2D eigenvalue weighted by Gasteiger charge is -2.41. The van der Waals surface area contributed by atoms with Crippen LogP contribution in [0.15, 0.2) is 45.8 Å². The van der Waals surface area contributed by atoms with Crippen molar-refractivity contribution < 1.29 is 22.3 Å². The molecule has 2 aromatic carbocycles. The van der Waals surface area contributed by atoms with Crippen LogP contribution in [0.4, 0.5) is 13.2 Å². The van der Waals surface area contributed by atoms with Gasteiger partial charge in [0.15, 0.2) is 11.1 Å². The van der Waals surface area contributed by atoms with Gasteiger partial charge < -0.3 is 14.9 Å². The van der Waals surface area contributed by atoms with Crippen LogP contribution in [-0.4, -0.2) is 23.5 Å². The molecule has 0 aliphatic carbocycles.